The number of carbonyl (C=O) groups excluding carboxylic acids is 1. The number of carboxylic acids is 1. The first-order chi connectivity index (χ1) is 9.90. The largest absolute Gasteiger partial charge is 0.481 e. The molecule has 1 aromatic heterocycles. The normalized spacial score (nSPS) is 19.0. The molecule has 21 heavy (non-hydrogen) atoms. The summed E-state index contributed by atoms with van der Waals surface area (Å²) in [5.41, 5.74) is 0.564. The third-order valence-corrected chi connectivity index (χ3v) is 3.92. The Morgan fingerprint density at radius 3 is 2.86 bits per heavy atom. The van der Waals surface area contributed by atoms with E-state index in [0.717, 1.165) is 4.47 Å². The Hall–Kier alpha value is -1.34. The number of aliphatic carboxylic acids is 1. The molecule has 0 radical (unpaired) electrons. The molecule has 1 fully saturated rings. The Bertz CT molecular complexity index is 541. The minimum atomic E-state index is -0.927. The predicted molar refractivity (Wildman–Crippen MR) is 80.4 cm³/mol. The van der Waals surface area contributed by atoms with E-state index >= 15 is 0 Å². The zero-order valence-electron chi connectivity index (χ0n) is 12.1. The molecule has 0 aliphatic carbocycles. The van der Waals surface area contributed by atoms with E-state index in [9.17, 15) is 9.59 Å². The van der Waals surface area contributed by atoms with Gasteiger partial charge >= 0.3 is 5.97 Å². The van der Waals surface area contributed by atoms with Crippen molar-refractivity contribution in [3.8, 4) is 0 Å². The molecule has 116 valence electrons. The fraction of sp³-hybridized carbons (Fsp3) is 0.571. The average molecular weight is 359 g/mol. The SMILES string of the molecule is CC(C)n1cc(Br)cc1C(=O)N1CCOCC1CC(=O)O. The number of carbonyl (C=O) groups is 2. The van der Waals surface area contributed by atoms with Crippen molar-refractivity contribution in [3.05, 3.63) is 22.4 Å². The van der Waals surface area contributed by atoms with Crippen molar-refractivity contribution < 1.29 is 19.4 Å². The lowest BCUT2D eigenvalue weighted by Crippen LogP contribution is -2.50. The molecule has 0 bridgehead atoms. The number of nitrogens with zero attached hydrogens (tertiary/aromatic N) is 2. The van der Waals surface area contributed by atoms with Gasteiger partial charge in [0.25, 0.3) is 5.91 Å². The van der Waals surface area contributed by atoms with Gasteiger partial charge in [0.2, 0.25) is 0 Å². The van der Waals surface area contributed by atoms with Crippen molar-refractivity contribution in [2.24, 2.45) is 0 Å². The van der Waals surface area contributed by atoms with E-state index in [-0.39, 0.29) is 25.0 Å². The van der Waals surface area contributed by atoms with Crippen LogP contribution in [-0.4, -0.2) is 52.3 Å². The van der Waals surface area contributed by atoms with Crippen LogP contribution in [0.3, 0.4) is 0 Å². The second-order valence-corrected chi connectivity index (χ2v) is 6.29. The lowest BCUT2D eigenvalue weighted by molar-refractivity contribution is -0.139. The van der Waals surface area contributed by atoms with Crippen LogP contribution in [0.1, 0.15) is 36.8 Å². The van der Waals surface area contributed by atoms with Gasteiger partial charge < -0.3 is 19.3 Å². The van der Waals surface area contributed by atoms with E-state index in [4.69, 9.17) is 9.84 Å². The van der Waals surface area contributed by atoms with Gasteiger partial charge in [-0.1, -0.05) is 0 Å². The molecule has 0 aromatic carbocycles. The van der Waals surface area contributed by atoms with E-state index in [2.05, 4.69) is 15.9 Å². The number of hydrogen-bond donors (Lipinski definition) is 1. The van der Waals surface area contributed by atoms with E-state index in [1.807, 2.05) is 24.6 Å². The van der Waals surface area contributed by atoms with Gasteiger partial charge in [-0.3, -0.25) is 9.59 Å². The Labute approximate surface area is 131 Å². The van der Waals surface area contributed by atoms with Crippen LogP contribution in [0, 0.1) is 0 Å². The maximum absolute atomic E-state index is 12.8. The monoisotopic (exact) mass is 358 g/mol. The lowest BCUT2D eigenvalue weighted by atomic mass is 10.1. The molecule has 1 amide bonds. The Morgan fingerprint density at radius 1 is 1.52 bits per heavy atom. The predicted octanol–water partition coefficient (Wildman–Crippen LogP) is 2.15. The smallest absolute Gasteiger partial charge is 0.305 e. The van der Waals surface area contributed by atoms with Crippen molar-refractivity contribution in [2.45, 2.75) is 32.4 Å². The van der Waals surface area contributed by atoms with Crippen LogP contribution >= 0.6 is 15.9 Å². The minimum absolute atomic E-state index is 0.102. The van der Waals surface area contributed by atoms with Crippen molar-refractivity contribution in [2.75, 3.05) is 19.8 Å². The van der Waals surface area contributed by atoms with Crippen molar-refractivity contribution in [1.82, 2.24) is 9.47 Å². The third-order valence-electron chi connectivity index (χ3n) is 3.49. The summed E-state index contributed by atoms with van der Waals surface area (Å²) in [5, 5.41) is 8.98. The van der Waals surface area contributed by atoms with Gasteiger partial charge in [0.15, 0.2) is 0 Å². The number of amides is 1. The Morgan fingerprint density at radius 2 is 2.24 bits per heavy atom. The molecule has 0 saturated carbocycles. The molecular weight excluding hydrogens is 340 g/mol. The molecule has 6 nitrogen and oxygen atoms in total. The van der Waals surface area contributed by atoms with Crippen LogP contribution in [-0.2, 0) is 9.53 Å². The van der Waals surface area contributed by atoms with Gasteiger partial charge in [-0.05, 0) is 35.8 Å². The van der Waals surface area contributed by atoms with Crippen molar-refractivity contribution in [3.63, 3.8) is 0 Å². The first-order valence-electron chi connectivity index (χ1n) is 6.88. The van der Waals surface area contributed by atoms with Crippen LogP contribution < -0.4 is 0 Å². The van der Waals surface area contributed by atoms with Crippen molar-refractivity contribution in [1.29, 1.82) is 0 Å². The summed E-state index contributed by atoms with van der Waals surface area (Å²) >= 11 is 3.39. The number of carboxylic acid groups (broad SMARTS) is 1. The minimum Gasteiger partial charge on any atom is -0.481 e. The molecular formula is C14H19BrN2O4. The Kier molecular flexibility index (Phi) is 5.05. The molecule has 2 heterocycles. The highest BCUT2D eigenvalue weighted by atomic mass is 79.9. The molecule has 1 aliphatic heterocycles. The van der Waals surface area contributed by atoms with Crippen molar-refractivity contribution >= 4 is 27.8 Å². The molecule has 1 saturated heterocycles. The quantitative estimate of drug-likeness (QED) is 0.894. The fourth-order valence-corrected chi connectivity index (χ4v) is 2.92. The van der Waals surface area contributed by atoms with Gasteiger partial charge in [0, 0.05) is 23.3 Å². The third kappa shape index (κ3) is 3.65. The lowest BCUT2D eigenvalue weighted by Gasteiger charge is -2.35. The number of aromatic nitrogens is 1. The van der Waals surface area contributed by atoms with Gasteiger partial charge in [0.1, 0.15) is 5.69 Å². The van der Waals surface area contributed by atoms with Gasteiger partial charge in [-0.2, -0.15) is 0 Å². The summed E-state index contributed by atoms with van der Waals surface area (Å²) in [6.45, 7) is 5.11. The first-order valence-corrected chi connectivity index (χ1v) is 7.67. The van der Waals surface area contributed by atoms with Crippen LogP contribution in [0.15, 0.2) is 16.7 Å². The Balaban J connectivity index is 2.26. The zero-order valence-corrected chi connectivity index (χ0v) is 13.7. The maximum atomic E-state index is 12.8. The molecule has 1 atom stereocenters. The van der Waals surface area contributed by atoms with Crippen LogP contribution in [0.2, 0.25) is 0 Å². The van der Waals surface area contributed by atoms with Gasteiger partial charge in [0.05, 0.1) is 25.7 Å². The standard InChI is InChI=1S/C14H19BrN2O4/c1-9(2)17-7-10(15)5-12(17)14(20)16-3-4-21-8-11(16)6-13(18)19/h5,7,9,11H,3-4,6,8H2,1-2H3,(H,18,19). The summed E-state index contributed by atoms with van der Waals surface area (Å²) in [6, 6.07) is 1.50. The second-order valence-electron chi connectivity index (χ2n) is 5.37. The molecule has 1 N–H and O–H groups in total. The summed E-state index contributed by atoms with van der Waals surface area (Å²) < 4.78 is 8.03. The molecule has 1 unspecified atom stereocenters. The average Bonchev–Trinajstić information content (AvgIpc) is 2.80. The van der Waals surface area contributed by atoms with E-state index in [1.54, 1.807) is 11.0 Å². The maximum Gasteiger partial charge on any atom is 0.305 e. The number of rotatable bonds is 4. The second kappa shape index (κ2) is 6.62. The first kappa shape index (κ1) is 16.0. The van der Waals surface area contributed by atoms with E-state index in [0.29, 0.717) is 18.8 Å². The van der Waals surface area contributed by atoms with Crippen LogP contribution in [0.4, 0.5) is 0 Å². The number of morpholine rings is 1. The topological polar surface area (TPSA) is 71.8 Å². The number of hydrogen-bond acceptors (Lipinski definition) is 3. The van der Waals surface area contributed by atoms with Crippen LogP contribution in [0.5, 0.6) is 0 Å². The number of ether oxygens (including phenoxy) is 1. The molecule has 1 aromatic rings. The van der Waals surface area contributed by atoms with Crippen LogP contribution in [0.25, 0.3) is 0 Å². The fourth-order valence-electron chi connectivity index (χ4n) is 2.48. The summed E-state index contributed by atoms with van der Waals surface area (Å²) in [7, 11) is 0. The number of halogens is 1. The zero-order chi connectivity index (χ0) is 15.6. The van der Waals surface area contributed by atoms with Gasteiger partial charge in [-0.15, -0.1) is 0 Å². The molecule has 1 aliphatic rings. The molecule has 0 spiro atoms. The van der Waals surface area contributed by atoms with E-state index < -0.39 is 12.0 Å². The highest BCUT2D eigenvalue weighted by molar-refractivity contribution is 9.10. The highest BCUT2D eigenvalue weighted by Gasteiger charge is 2.31. The van der Waals surface area contributed by atoms with Gasteiger partial charge in [-0.25, -0.2) is 0 Å². The summed E-state index contributed by atoms with van der Waals surface area (Å²) in [6.07, 6.45) is 1.76. The van der Waals surface area contributed by atoms with E-state index in [1.165, 1.54) is 0 Å². The molecule has 2 rings (SSSR count). The highest BCUT2D eigenvalue weighted by Crippen LogP contribution is 2.23. The molecule has 7 heteroatoms. The summed E-state index contributed by atoms with van der Waals surface area (Å²) in [4.78, 5) is 25.3. The summed E-state index contributed by atoms with van der Waals surface area (Å²) in [5.74, 6) is -1.08.